The van der Waals surface area contributed by atoms with Gasteiger partial charge in [-0.3, -0.25) is 9.78 Å². The number of hydrogen-bond donors (Lipinski definition) is 0. The van der Waals surface area contributed by atoms with Gasteiger partial charge in [0.15, 0.2) is 0 Å². The van der Waals surface area contributed by atoms with Gasteiger partial charge < -0.3 is 9.64 Å². The van der Waals surface area contributed by atoms with E-state index in [1.165, 1.54) is 6.07 Å². The predicted octanol–water partition coefficient (Wildman–Crippen LogP) is 4.33. The quantitative estimate of drug-likeness (QED) is 0.593. The molecule has 1 aromatic carbocycles. The van der Waals surface area contributed by atoms with Crippen molar-refractivity contribution in [2.45, 2.75) is 24.2 Å². The highest BCUT2D eigenvalue weighted by Gasteiger charge is 2.58. The Morgan fingerprint density at radius 3 is 2.71 bits per heavy atom. The van der Waals surface area contributed by atoms with E-state index < -0.39 is 5.41 Å². The standard InChI is InChI=1S/C21H17BrFN3O2/c1-26-17-10-24-16-6-15(23)14(22)5-13(16)19(17)21(20(26)27)7-12(8-21)11-3-4-18(28-2)25-9-11/h3-6,9-10,12H,7-8H2,1-2H3/t12-,21+. The zero-order valence-corrected chi connectivity index (χ0v) is 17.0. The maximum atomic E-state index is 14.0. The fourth-order valence-electron chi connectivity index (χ4n) is 4.62. The van der Waals surface area contributed by atoms with Crippen molar-refractivity contribution in [2.75, 3.05) is 19.1 Å². The molecule has 7 heteroatoms. The number of pyridine rings is 2. The van der Waals surface area contributed by atoms with E-state index in [-0.39, 0.29) is 17.6 Å². The summed E-state index contributed by atoms with van der Waals surface area (Å²) in [6.07, 6.45) is 4.90. The van der Waals surface area contributed by atoms with Crippen molar-refractivity contribution < 1.29 is 13.9 Å². The number of fused-ring (bicyclic) bond motifs is 4. The minimum atomic E-state index is -0.590. The van der Waals surface area contributed by atoms with E-state index in [4.69, 9.17) is 4.74 Å². The second-order valence-electron chi connectivity index (χ2n) is 7.49. The third-order valence-corrected chi connectivity index (χ3v) is 6.68. The van der Waals surface area contributed by atoms with Crippen LogP contribution in [0.2, 0.25) is 0 Å². The number of ether oxygens (including phenoxy) is 1. The van der Waals surface area contributed by atoms with E-state index in [1.807, 2.05) is 18.3 Å². The number of hydrogen-bond acceptors (Lipinski definition) is 4. The summed E-state index contributed by atoms with van der Waals surface area (Å²) in [5.74, 6) is 0.537. The second-order valence-corrected chi connectivity index (χ2v) is 8.34. The molecule has 1 amide bonds. The molecule has 3 heterocycles. The van der Waals surface area contributed by atoms with Crippen molar-refractivity contribution in [1.29, 1.82) is 0 Å². The fourth-order valence-corrected chi connectivity index (χ4v) is 4.96. The van der Waals surface area contributed by atoms with Crippen LogP contribution >= 0.6 is 15.9 Å². The zero-order chi connectivity index (χ0) is 19.6. The van der Waals surface area contributed by atoms with Gasteiger partial charge in [-0.05, 0) is 46.3 Å². The van der Waals surface area contributed by atoms with Gasteiger partial charge in [0, 0.05) is 36.3 Å². The van der Waals surface area contributed by atoms with E-state index >= 15 is 0 Å². The smallest absolute Gasteiger partial charge is 0.237 e. The molecule has 2 aliphatic rings. The van der Waals surface area contributed by atoms with Crippen LogP contribution in [0.4, 0.5) is 10.1 Å². The highest BCUT2D eigenvalue weighted by atomic mass is 79.9. The van der Waals surface area contributed by atoms with Gasteiger partial charge >= 0.3 is 0 Å². The molecule has 0 bridgehead atoms. The van der Waals surface area contributed by atoms with Gasteiger partial charge in [0.05, 0.1) is 34.4 Å². The van der Waals surface area contributed by atoms with Gasteiger partial charge in [0.1, 0.15) is 5.82 Å². The normalized spacial score (nSPS) is 23.2. The van der Waals surface area contributed by atoms with Gasteiger partial charge in [-0.15, -0.1) is 0 Å². The minimum absolute atomic E-state index is 0.0787. The SMILES string of the molecule is COc1ccc([C@H]2C[C@]3(C2)C(=O)N(C)c2cnc4cc(F)c(Br)cc4c23)cn1. The van der Waals surface area contributed by atoms with Crippen LogP contribution < -0.4 is 9.64 Å². The van der Waals surface area contributed by atoms with E-state index in [2.05, 4.69) is 25.9 Å². The second kappa shape index (κ2) is 5.98. The Morgan fingerprint density at radius 1 is 1.25 bits per heavy atom. The van der Waals surface area contributed by atoms with Crippen molar-refractivity contribution in [1.82, 2.24) is 9.97 Å². The maximum Gasteiger partial charge on any atom is 0.237 e. The molecule has 142 valence electrons. The van der Waals surface area contributed by atoms with Crippen molar-refractivity contribution in [2.24, 2.45) is 0 Å². The highest BCUT2D eigenvalue weighted by Crippen LogP contribution is 2.60. The van der Waals surface area contributed by atoms with Gasteiger partial charge in [-0.25, -0.2) is 9.37 Å². The molecular formula is C21H17BrFN3O2. The molecular weight excluding hydrogens is 425 g/mol. The van der Waals surface area contributed by atoms with Crippen LogP contribution in [0.15, 0.2) is 41.1 Å². The summed E-state index contributed by atoms with van der Waals surface area (Å²) in [6.45, 7) is 0. The van der Waals surface area contributed by atoms with E-state index in [9.17, 15) is 9.18 Å². The summed E-state index contributed by atoms with van der Waals surface area (Å²) >= 11 is 3.27. The average Bonchev–Trinajstić information content (AvgIpc) is 2.90. The van der Waals surface area contributed by atoms with Crippen LogP contribution in [0, 0.1) is 5.82 Å². The summed E-state index contributed by atoms with van der Waals surface area (Å²) in [7, 11) is 3.37. The molecule has 2 aromatic heterocycles. The lowest BCUT2D eigenvalue weighted by Crippen LogP contribution is -2.47. The topological polar surface area (TPSA) is 55.3 Å². The fraction of sp³-hybridized carbons (Fsp3) is 0.286. The summed E-state index contributed by atoms with van der Waals surface area (Å²) in [5.41, 5.74) is 2.84. The molecule has 5 rings (SSSR count). The molecule has 1 aliphatic carbocycles. The van der Waals surface area contributed by atoms with Crippen LogP contribution in [-0.2, 0) is 10.2 Å². The number of nitrogens with zero attached hydrogens (tertiary/aromatic N) is 3. The number of carbonyl (C=O) groups is 1. The number of halogens is 2. The third-order valence-electron chi connectivity index (χ3n) is 6.07. The molecule has 1 aliphatic heterocycles. The summed E-state index contributed by atoms with van der Waals surface area (Å²) < 4.78 is 19.5. The van der Waals surface area contributed by atoms with Gasteiger partial charge in [-0.2, -0.15) is 0 Å². The Labute approximate surface area is 169 Å². The molecule has 3 aromatic rings. The number of rotatable bonds is 2. The first-order valence-corrected chi connectivity index (χ1v) is 9.80. The third kappa shape index (κ3) is 2.25. The maximum absolute atomic E-state index is 14.0. The van der Waals surface area contributed by atoms with Gasteiger partial charge in [0.25, 0.3) is 0 Å². The Morgan fingerprint density at radius 2 is 2.04 bits per heavy atom. The predicted molar refractivity (Wildman–Crippen MR) is 107 cm³/mol. The number of anilines is 1. The molecule has 0 radical (unpaired) electrons. The first-order valence-electron chi connectivity index (χ1n) is 9.01. The van der Waals surface area contributed by atoms with Crippen molar-refractivity contribution in [3.63, 3.8) is 0 Å². The van der Waals surface area contributed by atoms with E-state index in [0.717, 1.165) is 22.2 Å². The zero-order valence-electron chi connectivity index (χ0n) is 15.4. The first kappa shape index (κ1) is 17.6. The number of methoxy groups -OCH3 is 1. The molecule has 1 saturated carbocycles. The van der Waals surface area contributed by atoms with Crippen LogP contribution in [0.25, 0.3) is 10.9 Å². The molecule has 1 spiro atoms. The molecule has 1 fully saturated rings. The largest absolute Gasteiger partial charge is 0.481 e. The Kier molecular flexibility index (Phi) is 3.75. The Bertz CT molecular complexity index is 1130. The molecule has 0 saturated heterocycles. The van der Waals surface area contributed by atoms with Crippen molar-refractivity contribution in [3.8, 4) is 5.88 Å². The summed E-state index contributed by atoms with van der Waals surface area (Å²) in [6, 6.07) is 7.01. The van der Waals surface area contributed by atoms with Crippen LogP contribution in [-0.4, -0.2) is 30.0 Å². The van der Waals surface area contributed by atoms with Crippen molar-refractivity contribution in [3.05, 3.63) is 58.1 Å². The number of aromatic nitrogens is 2. The first-order chi connectivity index (χ1) is 13.4. The lowest BCUT2D eigenvalue weighted by molar-refractivity contribution is -0.126. The van der Waals surface area contributed by atoms with Gasteiger partial charge in [0.2, 0.25) is 11.8 Å². The number of carbonyl (C=O) groups excluding carboxylic acids is 1. The Balaban J connectivity index is 1.60. The lowest BCUT2D eigenvalue weighted by atomic mass is 9.57. The van der Waals surface area contributed by atoms with Crippen molar-refractivity contribution >= 4 is 38.4 Å². The van der Waals surface area contributed by atoms with E-state index in [1.54, 1.807) is 31.3 Å². The molecule has 0 atom stereocenters. The van der Waals surface area contributed by atoms with Crippen LogP contribution in [0.1, 0.15) is 29.9 Å². The lowest BCUT2D eigenvalue weighted by Gasteiger charge is -2.44. The number of benzene rings is 1. The molecule has 5 nitrogen and oxygen atoms in total. The molecule has 28 heavy (non-hydrogen) atoms. The molecule has 0 unspecified atom stereocenters. The number of likely N-dealkylation sites (N-methyl/N-ethyl adjacent to an activating group) is 1. The highest BCUT2D eigenvalue weighted by molar-refractivity contribution is 9.10. The average molecular weight is 442 g/mol. The van der Waals surface area contributed by atoms with Crippen LogP contribution in [0.3, 0.4) is 0 Å². The van der Waals surface area contributed by atoms with Gasteiger partial charge in [-0.1, -0.05) is 6.07 Å². The van der Waals surface area contributed by atoms with Crippen LogP contribution in [0.5, 0.6) is 5.88 Å². The summed E-state index contributed by atoms with van der Waals surface area (Å²) in [5, 5.41) is 0.829. The monoisotopic (exact) mass is 441 g/mol. The minimum Gasteiger partial charge on any atom is -0.481 e. The number of amides is 1. The Hall–Kier alpha value is -2.54. The summed E-state index contributed by atoms with van der Waals surface area (Å²) in [4.78, 5) is 23.6. The molecule has 0 N–H and O–H groups in total. The van der Waals surface area contributed by atoms with E-state index in [0.29, 0.717) is 28.7 Å².